The fourth-order valence-corrected chi connectivity index (χ4v) is 1.73. The predicted molar refractivity (Wildman–Crippen MR) is 73.5 cm³/mol. The van der Waals surface area contributed by atoms with Crippen molar-refractivity contribution in [3.8, 4) is 0 Å². The van der Waals surface area contributed by atoms with Crippen LogP contribution >= 0.6 is 0 Å². The van der Waals surface area contributed by atoms with Gasteiger partial charge in [-0.05, 0) is 42.0 Å². The largest absolute Gasteiger partial charge is 0.416 e. The van der Waals surface area contributed by atoms with Gasteiger partial charge in [-0.25, -0.2) is 0 Å². The topological polar surface area (TPSA) is 55.1 Å². The van der Waals surface area contributed by atoms with E-state index in [9.17, 15) is 18.0 Å². The summed E-state index contributed by atoms with van der Waals surface area (Å²) in [5.74, 6) is -0.310. The highest BCUT2D eigenvalue weighted by Crippen LogP contribution is 2.29. The number of amides is 1. The number of hydrogen-bond donors (Lipinski definition) is 2. The number of nitrogens with one attached hydrogen (secondary N) is 1. The molecule has 0 fully saturated rings. The second-order valence-corrected chi connectivity index (χ2v) is 4.50. The molecule has 0 aromatic heterocycles. The Morgan fingerprint density at radius 2 is 1.57 bits per heavy atom. The normalized spacial score (nSPS) is 11.2. The van der Waals surface area contributed by atoms with Crippen LogP contribution in [0.15, 0.2) is 48.5 Å². The van der Waals surface area contributed by atoms with E-state index in [0.717, 1.165) is 12.1 Å². The zero-order valence-corrected chi connectivity index (χ0v) is 10.9. The van der Waals surface area contributed by atoms with Crippen LogP contribution in [0.25, 0.3) is 0 Å². The van der Waals surface area contributed by atoms with Gasteiger partial charge in [-0.15, -0.1) is 0 Å². The Morgan fingerprint density at radius 3 is 2.10 bits per heavy atom. The molecule has 3 N–H and O–H groups in total. The predicted octanol–water partition coefficient (Wildman–Crippen LogP) is 3.22. The van der Waals surface area contributed by atoms with Crippen molar-refractivity contribution >= 4 is 11.6 Å². The van der Waals surface area contributed by atoms with Crippen LogP contribution in [-0.2, 0) is 12.7 Å². The van der Waals surface area contributed by atoms with Crippen molar-refractivity contribution in [1.82, 2.24) is 5.32 Å². The Labute approximate surface area is 119 Å². The van der Waals surface area contributed by atoms with Crippen molar-refractivity contribution < 1.29 is 18.0 Å². The third-order valence-corrected chi connectivity index (χ3v) is 2.91. The smallest absolute Gasteiger partial charge is 0.399 e. The molecular weight excluding hydrogens is 281 g/mol. The highest BCUT2D eigenvalue weighted by molar-refractivity contribution is 5.94. The van der Waals surface area contributed by atoms with E-state index < -0.39 is 11.7 Å². The minimum absolute atomic E-state index is 0.154. The molecular formula is C15H13F3N2O. The Hall–Kier alpha value is -2.50. The summed E-state index contributed by atoms with van der Waals surface area (Å²) in [7, 11) is 0. The van der Waals surface area contributed by atoms with E-state index in [0.29, 0.717) is 16.8 Å². The number of rotatable bonds is 3. The molecule has 0 atom stereocenters. The van der Waals surface area contributed by atoms with Crippen LogP contribution in [0.1, 0.15) is 21.5 Å². The van der Waals surface area contributed by atoms with Crippen molar-refractivity contribution in [2.45, 2.75) is 12.7 Å². The molecule has 0 spiro atoms. The van der Waals surface area contributed by atoms with Crippen molar-refractivity contribution in [3.63, 3.8) is 0 Å². The van der Waals surface area contributed by atoms with Gasteiger partial charge in [0.15, 0.2) is 0 Å². The lowest BCUT2D eigenvalue weighted by Gasteiger charge is -2.09. The first-order valence-electron chi connectivity index (χ1n) is 6.16. The molecule has 1 amide bonds. The number of benzene rings is 2. The fourth-order valence-electron chi connectivity index (χ4n) is 1.73. The number of alkyl halides is 3. The zero-order valence-electron chi connectivity index (χ0n) is 10.9. The van der Waals surface area contributed by atoms with E-state index in [1.807, 2.05) is 0 Å². The molecule has 21 heavy (non-hydrogen) atoms. The molecule has 0 saturated carbocycles. The Bertz CT molecular complexity index is 619. The molecule has 6 heteroatoms. The first-order chi connectivity index (χ1) is 9.86. The average Bonchev–Trinajstić information content (AvgIpc) is 2.45. The van der Waals surface area contributed by atoms with E-state index in [1.165, 1.54) is 12.1 Å². The Kier molecular flexibility index (Phi) is 4.16. The molecule has 2 rings (SSSR count). The standard InChI is InChI=1S/C15H13F3N2O/c16-15(17,18)12-5-1-10(2-6-12)9-20-14(21)11-3-7-13(19)8-4-11/h1-8H,9,19H2,(H,20,21). The number of carbonyl (C=O) groups excluding carboxylic acids is 1. The van der Waals surface area contributed by atoms with E-state index in [2.05, 4.69) is 5.32 Å². The average molecular weight is 294 g/mol. The maximum Gasteiger partial charge on any atom is 0.416 e. The summed E-state index contributed by atoms with van der Waals surface area (Å²) in [6.07, 6.45) is -4.36. The fraction of sp³-hybridized carbons (Fsp3) is 0.133. The van der Waals surface area contributed by atoms with E-state index >= 15 is 0 Å². The van der Waals surface area contributed by atoms with Crippen LogP contribution in [0, 0.1) is 0 Å². The minimum Gasteiger partial charge on any atom is -0.399 e. The van der Waals surface area contributed by atoms with Crippen LogP contribution in [0.5, 0.6) is 0 Å². The van der Waals surface area contributed by atoms with Gasteiger partial charge < -0.3 is 11.1 Å². The van der Waals surface area contributed by atoms with Gasteiger partial charge in [-0.2, -0.15) is 13.2 Å². The first-order valence-corrected chi connectivity index (χ1v) is 6.16. The van der Waals surface area contributed by atoms with Gasteiger partial charge in [0.05, 0.1) is 5.56 Å². The highest BCUT2D eigenvalue weighted by Gasteiger charge is 2.29. The van der Waals surface area contributed by atoms with Gasteiger partial charge in [0.25, 0.3) is 5.91 Å². The number of anilines is 1. The molecule has 0 radical (unpaired) electrons. The second kappa shape index (κ2) is 5.87. The van der Waals surface area contributed by atoms with Gasteiger partial charge >= 0.3 is 6.18 Å². The van der Waals surface area contributed by atoms with Gasteiger partial charge in [-0.3, -0.25) is 4.79 Å². The zero-order chi connectivity index (χ0) is 15.5. The summed E-state index contributed by atoms with van der Waals surface area (Å²) in [5.41, 5.74) is 6.39. The molecule has 0 aliphatic heterocycles. The quantitative estimate of drug-likeness (QED) is 0.854. The first kappa shape index (κ1) is 14.9. The van der Waals surface area contributed by atoms with Crippen molar-refractivity contribution in [2.75, 3.05) is 5.73 Å². The third kappa shape index (κ3) is 3.98. The highest BCUT2D eigenvalue weighted by atomic mass is 19.4. The van der Waals surface area contributed by atoms with Crippen LogP contribution in [-0.4, -0.2) is 5.91 Å². The molecule has 110 valence electrons. The number of hydrogen-bond acceptors (Lipinski definition) is 2. The summed E-state index contributed by atoms with van der Waals surface area (Å²) in [6.45, 7) is 0.154. The van der Waals surface area contributed by atoms with Gasteiger partial charge in [0.1, 0.15) is 0 Å². The van der Waals surface area contributed by atoms with Crippen LogP contribution in [0.2, 0.25) is 0 Å². The van der Waals surface area contributed by atoms with E-state index in [4.69, 9.17) is 5.73 Å². The minimum atomic E-state index is -4.36. The van der Waals surface area contributed by atoms with E-state index in [1.54, 1.807) is 24.3 Å². The van der Waals surface area contributed by atoms with Crippen LogP contribution in [0.3, 0.4) is 0 Å². The van der Waals surface area contributed by atoms with Crippen molar-refractivity contribution in [2.24, 2.45) is 0 Å². The van der Waals surface area contributed by atoms with Crippen LogP contribution < -0.4 is 11.1 Å². The summed E-state index contributed by atoms with van der Waals surface area (Å²) in [6, 6.07) is 11.0. The number of nitrogens with two attached hydrogens (primary N) is 1. The molecule has 0 saturated heterocycles. The monoisotopic (exact) mass is 294 g/mol. The number of nitrogen functional groups attached to an aromatic ring is 1. The summed E-state index contributed by atoms with van der Waals surface area (Å²) in [4.78, 5) is 11.8. The second-order valence-electron chi connectivity index (χ2n) is 4.50. The molecule has 0 aliphatic rings. The SMILES string of the molecule is Nc1ccc(C(=O)NCc2ccc(C(F)(F)F)cc2)cc1. The maximum absolute atomic E-state index is 12.4. The van der Waals surface area contributed by atoms with Crippen molar-refractivity contribution in [1.29, 1.82) is 0 Å². The van der Waals surface area contributed by atoms with Crippen molar-refractivity contribution in [3.05, 3.63) is 65.2 Å². The number of halogens is 3. The lowest BCUT2D eigenvalue weighted by molar-refractivity contribution is -0.137. The van der Waals surface area contributed by atoms with Gasteiger partial charge in [0, 0.05) is 17.8 Å². The molecule has 0 heterocycles. The Balaban J connectivity index is 1.97. The molecule has 0 bridgehead atoms. The van der Waals surface area contributed by atoms with Gasteiger partial charge in [-0.1, -0.05) is 12.1 Å². The molecule has 0 aliphatic carbocycles. The lowest BCUT2D eigenvalue weighted by atomic mass is 10.1. The summed E-state index contributed by atoms with van der Waals surface area (Å²) in [5, 5.41) is 2.63. The molecule has 0 unspecified atom stereocenters. The summed E-state index contributed by atoms with van der Waals surface area (Å²) < 4.78 is 37.2. The maximum atomic E-state index is 12.4. The van der Waals surface area contributed by atoms with E-state index in [-0.39, 0.29) is 12.5 Å². The number of carbonyl (C=O) groups is 1. The van der Waals surface area contributed by atoms with Crippen LogP contribution in [0.4, 0.5) is 18.9 Å². The summed E-state index contributed by atoms with van der Waals surface area (Å²) >= 11 is 0. The Morgan fingerprint density at radius 1 is 1.00 bits per heavy atom. The molecule has 2 aromatic carbocycles. The third-order valence-electron chi connectivity index (χ3n) is 2.91. The van der Waals surface area contributed by atoms with Gasteiger partial charge in [0.2, 0.25) is 0 Å². The molecule has 2 aromatic rings. The lowest BCUT2D eigenvalue weighted by Crippen LogP contribution is -2.22. The molecule has 3 nitrogen and oxygen atoms in total.